The first-order valence-corrected chi connectivity index (χ1v) is 6.80. The van der Waals surface area contributed by atoms with E-state index in [-0.39, 0.29) is 6.03 Å². The highest BCUT2D eigenvalue weighted by molar-refractivity contribution is 7.99. The summed E-state index contributed by atoms with van der Waals surface area (Å²) in [5, 5.41) is 13.9. The number of anilines is 1. The monoisotopic (exact) mass is 283 g/mol. The van der Waals surface area contributed by atoms with Gasteiger partial charge in [-0.2, -0.15) is 5.26 Å². The van der Waals surface area contributed by atoms with E-state index in [1.165, 1.54) is 0 Å². The molecule has 0 aliphatic heterocycles. The van der Waals surface area contributed by atoms with Gasteiger partial charge in [-0.25, -0.2) is 4.79 Å². The summed E-state index contributed by atoms with van der Waals surface area (Å²) in [7, 11) is 1.57. The van der Waals surface area contributed by atoms with Crippen LogP contribution in [0.3, 0.4) is 0 Å². The number of amides is 2. The molecule has 0 aliphatic rings. The SMILES string of the molecule is CNC(=O)Nc1ccc(Sc2ccc(C#N)cc2)cc1. The molecule has 0 heterocycles. The van der Waals surface area contributed by atoms with E-state index in [1.807, 2.05) is 36.4 Å². The van der Waals surface area contributed by atoms with Crippen molar-refractivity contribution in [1.82, 2.24) is 5.32 Å². The lowest BCUT2D eigenvalue weighted by atomic mass is 10.2. The summed E-state index contributed by atoms with van der Waals surface area (Å²) in [6.45, 7) is 0. The zero-order chi connectivity index (χ0) is 14.4. The molecule has 5 heteroatoms. The fourth-order valence-corrected chi connectivity index (χ4v) is 2.35. The third-order valence-electron chi connectivity index (χ3n) is 2.56. The highest BCUT2D eigenvalue weighted by Crippen LogP contribution is 2.28. The van der Waals surface area contributed by atoms with Crippen LogP contribution >= 0.6 is 11.8 Å². The summed E-state index contributed by atoms with van der Waals surface area (Å²) < 4.78 is 0. The molecule has 2 rings (SSSR count). The topological polar surface area (TPSA) is 64.9 Å². The van der Waals surface area contributed by atoms with Gasteiger partial charge in [-0.3, -0.25) is 0 Å². The van der Waals surface area contributed by atoms with Crippen molar-refractivity contribution in [2.24, 2.45) is 0 Å². The van der Waals surface area contributed by atoms with Crippen LogP contribution in [0, 0.1) is 11.3 Å². The number of urea groups is 1. The normalized spacial score (nSPS) is 9.60. The Bertz CT molecular complexity index is 630. The van der Waals surface area contributed by atoms with Crippen LogP contribution in [-0.2, 0) is 0 Å². The molecule has 0 bridgehead atoms. The first-order valence-electron chi connectivity index (χ1n) is 5.98. The molecular formula is C15H13N3OS. The van der Waals surface area contributed by atoms with Gasteiger partial charge in [-0.15, -0.1) is 0 Å². The Balaban J connectivity index is 2.03. The Kier molecular flexibility index (Phi) is 4.64. The summed E-state index contributed by atoms with van der Waals surface area (Å²) in [5.74, 6) is 0. The minimum absolute atomic E-state index is 0.238. The Morgan fingerprint density at radius 1 is 1.05 bits per heavy atom. The molecule has 0 spiro atoms. The van der Waals surface area contributed by atoms with Crippen molar-refractivity contribution < 1.29 is 4.79 Å². The third kappa shape index (κ3) is 3.77. The van der Waals surface area contributed by atoms with Gasteiger partial charge in [-0.1, -0.05) is 11.8 Å². The van der Waals surface area contributed by atoms with Crippen LogP contribution in [0.1, 0.15) is 5.56 Å². The molecule has 0 fully saturated rings. The minimum atomic E-state index is -0.238. The van der Waals surface area contributed by atoms with Gasteiger partial charge in [0.15, 0.2) is 0 Å². The van der Waals surface area contributed by atoms with Crippen LogP contribution in [0.25, 0.3) is 0 Å². The third-order valence-corrected chi connectivity index (χ3v) is 3.57. The number of nitriles is 1. The average Bonchev–Trinajstić information content (AvgIpc) is 2.50. The number of nitrogens with zero attached hydrogens (tertiary/aromatic N) is 1. The molecule has 0 saturated heterocycles. The molecule has 0 saturated carbocycles. The number of rotatable bonds is 3. The summed E-state index contributed by atoms with van der Waals surface area (Å²) in [4.78, 5) is 13.3. The zero-order valence-corrected chi connectivity index (χ0v) is 11.7. The Morgan fingerprint density at radius 2 is 1.60 bits per heavy atom. The molecule has 0 aliphatic carbocycles. The fraction of sp³-hybridized carbons (Fsp3) is 0.0667. The van der Waals surface area contributed by atoms with Crippen molar-refractivity contribution in [3.05, 3.63) is 54.1 Å². The maximum Gasteiger partial charge on any atom is 0.318 e. The van der Waals surface area contributed by atoms with Gasteiger partial charge in [-0.05, 0) is 48.5 Å². The molecule has 0 atom stereocenters. The van der Waals surface area contributed by atoms with Crippen LogP contribution in [0.5, 0.6) is 0 Å². The molecule has 2 aromatic rings. The number of carbonyl (C=O) groups is 1. The van der Waals surface area contributed by atoms with E-state index in [2.05, 4.69) is 16.7 Å². The number of carbonyl (C=O) groups excluding carboxylic acids is 1. The molecule has 20 heavy (non-hydrogen) atoms. The molecule has 2 amide bonds. The molecular weight excluding hydrogens is 270 g/mol. The average molecular weight is 283 g/mol. The first kappa shape index (κ1) is 14.0. The van der Waals surface area contributed by atoms with Crippen molar-refractivity contribution in [3.63, 3.8) is 0 Å². The molecule has 100 valence electrons. The van der Waals surface area contributed by atoms with Crippen LogP contribution < -0.4 is 10.6 Å². The smallest absolute Gasteiger partial charge is 0.318 e. The predicted molar refractivity (Wildman–Crippen MR) is 79.8 cm³/mol. The van der Waals surface area contributed by atoms with Crippen molar-refractivity contribution in [3.8, 4) is 6.07 Å². The standard InChI is InChI=1S/C15H13N3OS/c1-17-15(19)18-12-4-8-14(9-5-12)20-13-6-2-11(10-16)3-7-13/h2-9H,1H3,(H2,17,18,19). The maximum atomic E-state index is 11.2. The summed E-state index contributed by atoms with van der Waals surface area (Å²) in [6, 6.07) is 16.9. The lowest BCUT2D eigenvalue weighted by molar-refractivity contribution is 0.254. The van der Waals surface area contributed by atoms with E-state index in [0.29, 0.717) is 5.56 Å². The van der Waals surface area contributed by atoms with Gasteiger partial charge < -0.3 is 10.6 Å². The lowest BCUT2D eigenvalue weighted by Crippen LogP contribution is -2.24. The molecule has 2 N–H and O–H groups in total. The van der Waals surface area contributed by atoms with E-state index >= 15 is 0 Å². The number of benzene rings is 2. The second kappa shape index (κ2) is 6.64. The van der Waals surface area contributed by atoms with E-state index < -0.39 is 0 Å². The highest BCUT2D eigenvalue weighted by Gasteiger charge is 2.01. The summed E-state index contributed by atoms with van der Waals surface area (Å²) in [6.07, 6.45) is 0. The number of hydrogen-bond donors (Lipinski definition) is 2. The van der Waals surface area contributed by atoms with Crippen molar-refractivity contribution >= 4 is 23.5 Å². The van der Waals surface area contributed by atoms with Crippen molar-refractivity contribution in [2.75, 3.05) is 12.4 Å². The molecule has 0 radical (unpaired) electrons. The Hall–Kier alpha value is -2.45. The molecule has 4 nitrogen and oxygen atoms in total. The molecule has 0 aromatic heterocycles. The summed E-state index contributed by atoms with van der Waals surface area (Å²) in [5.41, 5.74) is 1.40. The lowest BCUT2D eigenvalue weighted by Gasteiger charge is -2.06. The Labute approximate surface area is 121 Å². The van der Waals surface area contributed by atoms with Crippen LogP contribution in [0.15, 0.2) is 58.3 Å². The highest BCUT2D eigenvalue weighted by atomic mass is 32.2. The van der Waals surface area contributed by atoms with E-state index in [4.69, 9.17) is 5.26 Å². The molecule has 0 unspecified atom stereocenters. The predicted octanol–water partition coefficient (Wildman–Crippen LogP) is 3.46. The molecule has 2 aromatic carbocycles. The van der Waals surface area contributed by atoms with Gasteiger partial charge in [0.05, 0.1) is 11.6 Å². The number of hydrogen-bond acceptors (Lipinski definition) is 3. The summed E-state index contributed by atoms with van der Waals surface area (Å²) >= 11 is 1.60. The zero-order valence-electron chi connectivity index (χ0n) is 10.9. The second-order valence-corrected chi connectivity index (χ2v) is 5.11. The van der Waals surface area contributed by atoms with Crippen molar-refractivity contribution in [2.45, 2.75) is 9.79 Å². The van der Waals surface area contributed by atoms with Crippen LogP contribution in [0.4, 0.5) is 10.5 Å². The Morgan fingerprint density at radius 3 is 2.10 bits per heavy atom. The van der Waals surface area contributed by atoms with Gasteiger partial charge in [0.1, 0.15) is 0 Å². The van der Waals surface area contributed by atoms with E-state index in [9.17, 15) is 4.79 Å². The van der Waals surface area contributed by atoms with Gasteiger partial charge in [0, 0.05) is 22.5 Å². The van der Waals surface area contributed by atoms with Gasteiger partial charge >= 0.3 is 6.03 Å². The largest absolute Gasteiger partial charge is 0.341 e. The first-order chi connectivity index (χ1) is 9.71. The quantitative estimate of drug-likeness (QED) is 0.906. The van der Waals surface area contributed by atoms with Crippen LogP contribution in [-0.4, -0.2) is 13.1 Å². The van der Waals surface area contributed by atoms with E-state index in [0.717, 1.165) is 15.5 Å². The number of nitrogens with one attached hydrogen (secondary N) is 2. The second-order valence-electron chi connectivity index (χ2n) is 3.97. The van der Waals surface area contributed by atoms with Gasteiger partial charge in [0.2, 0.25) is 0 Å². The fourth-order valence-electron chi connectivity index (χ4n) is 1.53. The van der Waals surface area contributed by atoms with E-state index in [1.54, 1.807) is 30.9 Å². The maximum absolute atomic E-state index is 11.2. The van der Waals surface area contributed by atoms with Gasteiger partial charge in [0.25, 0.3) is 0 Å². The minimum Gasteiger partial charge on any atom is -0.341 e. The van der Waals surface area contributed by atoms with Crippen molar-refractivity contribution in [1.29, 1.82) is 5.26 Å². The van der Waals surface area contributed by atoms with Crippen LogP contribution in [0.2, 0.25) is 0 Å².